The van der Waals surface area contributed by atoms with Crippen LogP contribution in [0.15, 0.2) is 36.4 Å². The van der Waals surface area contributed by atoms with E-state index in [4.69, 9.17) is 27.9 Å². The average molecular weight is 495 g/mol. The number of carbonyl (C=O) groups excluding carboxylic acids is 1. The molecule has 0 atom stereocenters. The van der Waals surface area contributed by atoms with Gasteiger partial charge in [-0.15, -0.1) is 0 Å². The van der Waals surface area contributed by atoms with Gasteiger partial charge in [0.2, 0.25) is 0 Å². The molecule has 1 heterocycles. The lowest BCUT2D eigenvalue weighted by molar-refractivity contribution is -0.107. The summed E-state index contributed by atoms with van der Waals surface area (Å²) in [6.07, 6.45) is 4.36. The molecule has 33 heavy (non-hydrogen) atoms. The van der Waals surface area contributed by atoms with Crippen LogP contribution >= 0.6 is 23.2 Å². The third-order valence-electron chi connectivity index (χ3n) is 5.66. The minimum atomic E-state index is 0.537. The molecule has 0 aromatic heterocycles. The standard InChI is InChI=1S/C24H31Cl2N3O2.C2H6/c1-27-22-18-20(10-9-19(22)6-5-16-30)31-17-3-2-11-28-12-14-29(15-13-28)23-8-4-7-21(25)24(23)26;1-2/h4,7-10,16,18,27H,2-3,5-6,11-15,17H2,1H3;1-2H3. The molecular weight excluding hydrogens is 457 g/mol. The number of hydrogen-bond acceptors (Lipinski definition) is 5. The van der Waals surface area contributed by atoms with E-state index in [-0.39, 0.29) is 0 Å². The molecule has 0 saturated carbocycles. The van der Waals surface area contributed by atoms with Crippen molar-refractivity contribution in [1.82, 2.24) is 4.90 Å². The van der Waals surface area contributed by atoms with E-state index in [1.807, 2.05) is 57.3 Å². The summed E-state index contributed by atoms with van der Waals surface area (Å²) in [4.78, 5) is 15.4. The van der Waals surface area contributed by atoms with Crippen molar-refractivity contribution in [1.29, 1.82) is 0 Å². The Morgan fingerprint density at radius 2 is 1.82 bits per heavy atom. The first-order valence-electron chi connectivity index (χ1n) is 11.9. The number of anilines is 2. The summed E-state index contributed by atoms with van der Waals surface area (Å²) in [5.74, 6) is 0.867. The van der Waals surface area contributed by atoms with Gasteiger partial charge in [0.25, 0.3) is 0 Å². The smallest absolute Gasteiger partial charge is 0.121 e. The van der Waals surface area contributed by atoms with E-state index in [2.05, 4.69) is 15.1 Å². The van der Waals surface area contributed by atoms with E-state index in [1.54, 1.807) is 0 Å². The maximum Gasteiger partial charge on any atom is 0.121 e. The number of nitrogens with zero attached hydrogens (tertiary/aromatic N) is 2. The summed E-state index contributed by atoms with van der Waals surface area (Å²) in [5.41, 5.74) is 3.19. The molecule has 0 bridgehead atoms. The Bertz CT molecular complexity index is 855. The molecule has 182 valence electrons. The lowest BCUT2D eigenvalue weighted by Crippen LogP contribution is -2.46. The number of benzene rings is 2. The van der Waals surface area contributed by atoms with Gasteiger partial charge < -0.3 is 19.7 Å². The lowest BCUT2D eigenvalue weighted by Gasteiger charge is -2.36. The summed E-state index contributed by atoms with van der Waals surface area (Å²) in [7, 11) is 1.89. The summed E-state index contributed by atoms with van der Waals surface area (Å²) < 4.78 is 5.93. The molecule has 1 aliphatic heterocycles. The maximum absolute atomic E-state index is 10.6. The van der Waals surface area contributed by atoms with Crippen molar-refractivity contribution < 1.29 is 9.53 Å². The molecule has 0 unspecified atom stereocenters. The van der Waals surface area contributed by atoms with Crippen LogP contribution in [0.4, 0.5) is 11.4 Å². The Labute approximate surface area is 209 Å². The van der Waals surface area contributed by atoms with E-state index >= 15 is 0 Å². The quantitative estimate of drug-likeness (QED) is 0.299. The van der Waals surface area contributed by atoms with Gasteiger partial charge in [-0.1, -0.05) is 49.2 Å². The van der Waals surface area contributed by atoms with Gasteiger partial charge in [0, 0.05) is 51.4 Å². The highest BCUT2D eigenvalue weighted by Gasteiger charge is 2.19. The lowest BCUT2D eigenvalue weighted by atomic mass is 10.1. The number of halogens is 2. The largest absolute Gasteiger partial charge is 0.494 e. The average Bonchev–Trinajstić information content (AvgIpc) is 2.86. The van der Waals surface area contributed by atoms with Gasteiger partial charge in [-0.05, 0) is 49.6 Å². The van der Waals surface area contributed by atoms with Crippen LogP contribution in [-0.4, -0.2) is 57.6 Å². The normalized spacial score (nSPS) is 13.8. The van der Waals surface area contributed by atoms with E-state index in [1.165, 1.54) is 0 Å². The highest BCUT2D eigenvalue weighted by molar-refractivity contribution is 6.43. The molecule has 1 fully saturated rings. The predicted molar refractivity (Wildman–Crippen MR) is 142 cm³/mol. The number of rotatable bonds is 11. The van der Waals surface area contributed by atoms with E-state index in [0.717, 1.165) is 81.0 Å². The molecule has 3 rings (SSSR count). The Morgan fingerprint density at radius 1 is 1.06 bits per heavy atom. The first kappa shape index (κ1) is 27.3. The molecule has 1 saturated heterocycles. The number of carbonyl (C=O) groups is 1. The number of piperazine rings is 1. The second kappa shape index (κ2) is 15.0. The van der Waals surface area contributed by atoms with Crippen LogP contribution in [0.5, 0.6) is 5.75 Å². The summed E-state index contributed by atoms with van der Waals surface area (Å²) >= 11 is 12.5. The fourth-order valence-corrected chi connectivity index (χ4v) is 4.30. The zero-order valence-electron chi connectivity index (χ0n) is 20.1. The molecule has 1 aliphatic rings. The first-order chi connectivity index (χ1) is 16.1. The van der Waals surface area contributed by atoms with Crippen molar-refractivity contribution in [3.63, 3.8) is 0 Å². The van der Waals surface area contributed by atoms with Crippen LogP contribution in [0.3, 0.4) is 0 Å². The molecular formula is C26H37Cl2N3O2. The molecule has 5 nitrogen and oxygen atoms in total. The second-order valence-corrected chi connectivity index (χ2v) is 8.52. The van der Waals surface area contributed by atoms with Gasteiger partial charge in [-0.3, -0.25) is 4.90 Å². The molecule has 0 aliphatic carbocycles. The van der Waals surface area contributed by atoms with Crippen molar-refractivity contribution in [3.8, 4) is 5.75 Å². The molecule has 1 N–H and O–H groups in total. The molecule has 0 spiro atoms. The molecule has 7 heteroatoms. The number of aldehydes is 1. The van der Waals surface area contributed by atoms with Crippen LogP contribution < -0.4 is 15.0 Å². The first-order valence-corrected chi connectivity index (χ1v) is 12.7. The Balaban J connectivity index is 0.00000187. The van der Waals surface area contributed by atoms with Crippen LogP contribution in [0.1, 0.15) is 38.7 Å². The van der Waals surface area contributed by atoms with Gasteiger partial charge in [0.15, 0.2) is 0 Å². The van der Waals surface area contributed by atoms with Crippen molar-refractivity contribution in [3.05, 3.63) is 52.0 Å². The van der Waals surface area contributed by atoms with Gasteiger partial charge in [0.1, 0.15) is 12.0 Å². The Morgan fingerprint density at radius 3 is 2.52 bits per heavy atom. The zero-order chi connectivity index (χ0) is 24.1. The van der Waals surface area contributed by atoms with Crippen molar-refractivity contribution in [2.45, 2.75) is 39.5 Å². The van der Waals surface area contributed by atoms with Gasteiger partial charge in [0.05, 0.1) is 22.3 Å². The monoisotopic (exact) mass is 493 g/mol. The second-order valence-electron chi connectivity index (χ2n) is 7.73. The predicted octanol–water partition coefficient (Wildman–Crippen LogP) is 6.17. The van der Waals surface area contributed by atoms with E-state index < -0.39 is 0 Å². The number of ether oxygens (including phenoxy) is 1. The minimum absolute atomic E-state index is 0.537. The van der Waals surface area contributed by atoms with Crippen LogP contribution in [0.2, 0.25) is 10.0 Å². The van der Waals surface area contributed by atoms with E-state index in [9.17, 15) is 4.79 Å². The van der Waals surface area contributed by atoms with E-state index in [0.29, 0.717) is 23.1 Å². The van der Waals surface area contributed by atoms with Gasteiger partial charge in [-0.2, -0.15) is 0 Å². The van der Waals surface area contributed by atoms with Crippen LogP contribution in [0.25, 0.3) is 0 Å². The fourth-order valence-electron chi connectivity index (χ4n) is 3.89. The number of aryl methyl sites for hydroxylation is 1. The fraction of sp³-hybridized carbons (Fsp3) is 0.500. The number of hydrogen-bond donors (Lipinski definition) is 1. The van der Waals surface area contributed by atoms with Crippen molar-refractivity contribution in [2.75, 3.05) is 56.6 Å². The summed E-state index contributed by atoms with van der Waals surface area (Å²) in [5, 5.41) is 4.45. The minimum Gasteiger partial charge on any atom is -0.494 e. The van der Waals surface area contributed by atoms with Crippen molar-refractivity contribution >= 4 is 40.9 Å². The van der Waals surface area contributed by atoms with Gasteiger partial charge >= 0.3 is 0 Å². The Hall–Kier alpha value is -1.95. The molecule has 2 aromatic rings. The highest BCUT2D eigenvalue weighted by atomic mass is 35.5. The maximum atomic E-state index is 10.6. The van der Waals surface area contributed by atoms with Crippen LogP contribution in [-0.2, 0) is 11.2 Å². The summed E-state index contributed by atoms with van der Waals surface area (Å²) in [6.45, 7) is 9.75. The Kier molecular flexibility index (Phi) is 12.4. The zero-order valence-corrected chi connectivity index (χ0v) is 21.6. The van der Waals surface area contributed by atoms with Crippen molar-refractivity contribution in [2.24, 2.45) is 0 Å². The number of unbranched alkanes of at least 4 members (excludes halogenated alkanes) is 1. The van der Waals surface area contributed by atoms with Crippen LogP contribution in [0, 0.1) is 0 Å². The highest BCUT2D eigenvalue weighted by Crippen LogP contribution is 2.32. The SMILES string of the molecule is CC.CNc1cc(OCCCCN2CCN(c3cccc(Cl)c3Cl)CC2)ccc1CCC=O. The third kappa shape index (κ3) is 8.40. The molecule has 0 radical (unpaired) electrons. The topological polar surface area (TPSA) is 44.8 Å². The summed E-state index contributed by atoms with van der Waals surface area (Å²) in [6, 6.07) is 11.9. The number of nitrogens with one attached hydrogen (secondary N) is 1. The molecule has 2 aromatic carbocycles. The molecule has 0 amide bonds. The van der Waals surface area contributed by atoms with Gasteiger partial charge in [-0.25, -0.2) is 0 Å². The third-order valence-corrected chi connectivity index (χ3v) is 6.47.